The van der Waals surface area contributed by atoms with Gasteiger partial charge in [-0.15, -0.1) is 11.3 Å². The van der Waals surface area contributed by atoms with Crippen molar-refractivity contribution in [3.05, 3.63) is 23.0 Å². The first-order valence-electron chi connectivity index (χ1n) is 4.85. The number of nitrogens with zero attached hydrogens (tertiary/aromatic N) is 3. The highest BCUT2D eigenvalue weighted by Gasteiger charge is 2.14. The fourth-order valence-corrected chi connectivity index (χ4v) is 2.82. The van der Waals surface area contributed by atoms with Crippen molar-refractivity contribution in [2.24, 2.45) is 0 Å². The summed E-state index contributed by atoms with van der Waals surface area (Å²) in [5.74, 6) is 0. The van der Waals surface area contributed by atoms with Crippen LogP contribution in [0.15, 0.2) is 17.4 Å². The van der Waals surface area contributed by atoms with E-state index in [1.165, 1.54) is 17.5 Å². The van der Waals surface area contributed by atoms with Crippen molar-refractivity contribution < 1.29 is 8.42 Å². The van der Waals surface area contributed by atoms with E-state index in [0.717, 1.165) is 21.8 Å². The maximum Gasteiger partial charge on any atom is 0.247 e. The minimum Gasteiger partial charge on any atom is -0.246 e. The van der Waals surface area contributed by atoms with Gasteiger partial charge in [-0.05, 0) is 19.9 Å². The van der Waals surface area contributed by atoms with Gasteiger partial charge in [0, 0.05) is 12.5 Å². The summed E-state index contributed by atoms with van der Waals surface area (Å²) >= 11 is 1.49. The van der Waals surface area contributed by atoms with Crippen LogP contribution in [-0.4, -0.2) is 29.6 Å². The molecule has 0 saturated heterocycles. The first kappa shape index (κ1) is 12.1. The summed E-state index contributed by atoms with van der Waals surface area (Å²) in [6.45, 7) is 3.78. The van der Waals surface area contributed by atoms with Crippen LogP contribution in [0.1, 0.15) is 10.7 Å². The Labute approximate surface area is 104 Å². The molecular weight excluding hydrogens is 258 g/mol. The molecule has 0 aliphatic rings. The fourth-order valence-electron chi connectivity index (χ4n) is 1.41. The van der Waals surface area contributed by atoms with Crippen molar-refractivity contribution in [2.75, 3.05) is 6.26 Å². The number of aryl methyl sites for hydroxylation is 2. The van der Waals surface area contributed by atoms with Crippen LogP contribution < -0.4 is 0 Å². The second-order valence-corrected chi connectivity index (χ2v) is 6.76. The molecule has 0 radical (unpaired) electrons. The minimum atomic E-state index is -3.38. The van der Waals surface area contributed by atoms with Gasteiger partial charge < -0.3 is 0 Å². The summed E-state index contributed by atoms with van der Waals surface area (Å²) in [4.78, 5) is 13.0. The molecule has 2 aromatic heterocycles. The van der Waals surface area contributed by atoms with Crippen molar-refractivity contribution >= 4 is 21.2 Å². The van der Waals surface area contributed by atoms with E-state index >= 15 is 0 Å². The number of sulfone groups is 1. The van der Waals surface area contributed by atoms with E-state index in [9.17, 15) is 8.42 Å². The third-order valence-electron chi connectivity index (χ3n) is 2.10. The Hall–Kier alpha value is -1.34. The highest BCUT2D eigenvalue weighted by Crippen LogP contribution is 2.28. The zero-order valence-corrected chi connectivity index (χ0v) is 11.3. The van der Waals surface area contributed by atoms with Crippen LogP contribution in [0.5, 0.6) is 0 Å². The highest BCUT2D eigenvalue weighted by atomic mass is 32.2. The Morgan fingerprint density at radius 2 is 1.94 bits per heavy atom. The summed E-state index contributed by atoms with van der Waals surface area (Å²) in [5.41, 5.74) is 1.45. The topological polar surface area (TPSA) is 72.8 Å². The Balaban J connectivity index is 2.58. The second-order valence-electron chi connectivity index (χ2n) is 3.64. The van der Waals surface area contributed by atoms with Gasteiger partial charge in [0.2, 0.25) is 15.0 Å². The monoisotopic (exact) mass is 269 g/mol. The summed E-state index contributed by atoms with van der Waals surface area (Å²) in [5, 5.41) is 0.775. The van der Waals surface area contributed by atoms with E-state index in [-0.39, 0.29) is 5.16 Å². The summed E-state index contributed by atoms with van der Waals surface area (Å²) in [6.07, 6.45) is 2.55. The molecule has 17 heavy (non-hydrogen) atoms. The highest BCUT2D eigenvalue weighted by molar-refractivity contribution is 7.90. The molecule has 2 heterocycles. The molecule has 0 amide bonds. The molecule has 0 bridgehead atoms. The lowest BCUT2D eigenvalue weighted by atomic mass is 10.3. The number of hydrogen-bond donors (Lipinski definition) is 0. The molecule has 7 heteroatoms. The molecule has 0 N–H and O–H groups in total. The van der Waals surface area contributed by atoms with Crippen LogP contribution >= 0.6 is 11.3 Å². The SMILES string of the molecule is Cc1nc(C)c(-c2ccnc(S(C)(=O)=O)n2)s1. The number of aromatic nitrogens is 3. The van der Waals surface area contributed by atoms with Gasteiger partial charge in [-0.1, -0.05) is 0 Å². The molecule has 0 aliphatic heterocycles. The van der Waals surface area contributed by atoms with E-state index in [0.29, 0.717) is 5.69 Å². The maximum atomic E-state index is 11.4. The Morgan fingerprint density at radius 1 is 1.24 bits per heavy atom. The van der Waals surface area contributed by atoms with Gasteiger partial charge in [-0.3, -0.25) is 0 Å². The van der Waals surface area contributed by atoms with Crippen LogP contribution in [0.4, 0.5) is 0 Å². The molecule has 0 spiro atoms. The standard InChI is InChI=1S/C10H11N3O2S2/c1-6-9(16-7(2)12-6)8-4-5-11-10(13-8)17(3,14)15/h4-5H,1-3H3. The van der Waals surface area contributed by atoms with Gasteiger partial charge in [0.1, 0.15) is 0 Å². The van der Waals surface area contributed by atoms with Crippen LogP contribution in [0.3, 0.4) is 0 Å². The summed E-state index contributed by atoms with van der Waals surface area (Å²) < 4.78 is 22.7. The van der Waals surface area contributed by atoms with Gasteiger partial charge in [0.25, 0.3) is 0 Å². The lowest BCUT2D eigenvalue weighted by Gasteiger charge is -2.00. The molecular formula is C10H11N3O2S2. The summed E-state index contributed by atoms with van der Waals surface area (Å²) in [7, 11) is -3.38. The van der Waals surface area contributed by atoms with Crippen molar-refractivity contribution in [2.45, 2.75) is 19.0 Å². The average Bonchev–Trinajstić information content (AvgIpc) is 2.57. The zero-order valence-electron chi connectivity index (χ0n) is 9.63. The van der Waals surface area contributed by atoms with E-state index in [2.05, 4.69) is 15.0 Å². The van der Waals surface area contributed by atoms with Crippen LogP contribution in [0.25, 0.3) is 10.6 Å². The lowest BCUT2D eigenvalue weighted by Crippen LogP contribution is -2.04. The smallest absolute Gasteiger partial charge is 0.246 e. The van der Waals surface area contributed by atoms with Gasteiger partial charge in [0.05, 0.1) is 21.3 Å². The van der Waals surface area contributed by atoms with Crippen LogP contribution in [-0.2, 0) is 9.84 Å². The number of rotatable bonds is 2. The van der Waals surface area contributed by atoms with E-state index in [1.54, 1.807) is 6.07 Å². The molecule has 90 valence electrons. The molecule has 5 nitrogen and oxygen atoms in total. The lowest BCUT2D eigenvalue weighted by molar-refractivity contribution is 0.593. The molecule has 0 fully saturated rings. The normalized spacial score (nSPS) is 11.7. The van der Waals surface area contributed by atoms with Crippen molar-refractivity contribution in [3.8, 4) is 10.6 Å². The van der Waals surface area contributed by atoms with E-state index < -0.39 is 9.84 Å². The molecule has 2 rings (SSSR count). The molecule has 0 atom stereocenters. The van der Waals surface area contributed by atoms with Crippen molar-refractivity contribution in [1.82, 2.24) is 15.0 Å². The average molecular weight is 269 g/mol. The van der Waals surface area contributed by atoms with Gasteiger partial charge in [0.15, 0.2) is 0 Å². The molecule has 2 aromatic rings. The van der Waals surface area contributed by atoms with Gasteiger partial charge in [-0.2, -0.15) is 0 Å². The van der Waals surface area contributed by atoms with Gasteiger partial charge in [-0.25, -0.2) is 23.4 Å². The van der Waals surface area contributed by atoms with Crippen molar-refractivity contribution in [1.29, 1.82) is 0 Å². The first-order valence-corrected chi connectivity index (χ1v) is 7.56. The van der Waals surface area contributed by atoms with Crippen LogP contribution in [0, 0.1) is 13.8 Å². The van der Waals surface area contributed by atoms with Gasteiger partial charge >= 0.3 is 0 Å². The largest absolute Gasteiger partial charge is 0.247 e. The predicted octanol–water partition coefficient (Wildman–Crippen LogP) is 1.62. The quantitative estimate of drug-likeness (QED) is 0.775. The molecule has 0 saturated carbocycles. The Kier molecular flexibility index (Phi) is 2.96. The molecule has 0 aromatic carbocycles. The van der Waals surface area contributed by atoms with Crippen molar-refractivity contribution in [3.63, 3.8) is 0 Å². The maximum absolute atomic E-state index is 11.4. The fraction of sp³-hybridized carbons (Fsp3) is 0.300. The Bertz CT molecular complexity index is 662. The first-order chi connectivity index (χ1) is 7.88. The van der Waals surface area contributed by atoms with E-state index in [1.807, 2.05) is 13.8 Å². The predicted molar refractivity (Wildman–Crippen MR) is 65.7 cm³/mol. The molecule has 0 aliphatic carbocycles. The minimum absolute atomic E-state index is 0.152. The molecule has 0 unspecified atom stereocenters. The third kappa shape index (κ3) is 2.50. The number of thiazole rings is 1. The second kappa shape index (κ2) is 4.15. The zero-order chi connectivity index (χ0) is 12.6. The van der Waals surface area contributed by atoms with E-state index in [4.69, 9.17) is 0 Å². The Morgan fingerprint density at radius 3 is 2.47 bits per heavy atom. The number of hydrogen-bond acceptors (Lipinski definition) is 6. The third-order valence-corrected chi connectivity index (χ3v) is 4.06. The summed E-state index contributed by atoms with van der Waals surface area (Å²) in [6, 6.07) is 1.69. The van der Waals surface area contributed by atoms with Crippen LogP contribution in [0.2, 0.25) is 0 Å².